The van der Waals surface area contributed by atoms with E-state index in [1.165, 1.54) is 4.57 Å². The van der Waals surface area contributed by atoms with E-state index < -0.39 is 0 Å². The Balaban J connectivity index is 1.90. The van der Waals surface area contributed by atoms with Gasteiger partial charge in [0.25, 0.3) is 11.5 Å². The molecule has 4 rings (SSSR count). The van der Waals surface area contributed by atoms with E-state index in [-0.39, 0.29) is 11.5 Å². The molecule has 0 aliphatic rings. The zero-order chi connectivity index (χ0) is 19.8. The third-order valence-electron chi connectivity index (χ3n) is 4.81. The fraction of sp³-hybridized carbons (Fsp3) is 0.136. The Morgan fingerprint density at radius 2 is 1.75 bits per heavy atom. The van der Waals surface area contributed by atoms with Gasteiger partial charge in [0.15, 0.2) is 5.82 Å². The summed E-state index contributed by atoms with van der Waals surface area (Å²) < 4.78 is 6.52. The molecular weight excluding hydrogens is 354 g/mol. The van der Waals surface area contributed by atoms with E-state index in [1.54, 1.807) is 43.5 Å². The highest BCUT2D eigenvalue weighted by Gasteiger charge is 2.17. The molecule has 4 aromatic rings. The molecule has 0 spiro atoms. The van der Waals surface area contributed by atoms with Crippen LogP contribution in [0, 0.1) is 20.8 Å². The van der Waals surface area contributed by atoms with E-state index >= 15 is 0 Å². The first kappa shape index (κ1) is 17.7. The molecule has 0 bridgehead atoms. The number of hydrogen-bond donors (Lipinski definition) is 1. The standard InChI is InChI=1S/C22H19N3O3/c1-13-8-9-16(10-14(13)2)25-12-19(17-6-4-5-7-18(17)22(25)27)21(26)23-20-11-15(3)28-24-20/h4-12H,1-3H3,(H,23,24,26). The van der Waals surface area contributed by atoms with Crippen molar-refractivity contribution in [1.82, 2.24) is 9.72 Å². The van der Waals surface area contributed by atoms with Gasteiger partial charge in [-0.15, -0.1) is 0 Å². The lowest BCUT2D eigenvalue weighted by atomic mass is 10.1. The summed E-state index contributed by atoms with van der Waals surface area (Å²) in [5.74, 6) is 0.567. The van der Waals surface area contributed by atoms with Gasteiger partial charge in [-0.05, 0) is 50.1 Å². The SMILES string of the molecule is Cc1cc(NC(=O)c2cn(-c3ccc(C)c(C)c3)c(=O)c3ccccc23)no1. The molecule has 0 aliphatic heterocycles. The van der Waals surface area contributed by atoms with Crippen molar-refractivity contribution >= 4 is 22.5 Å². The number of anilines is 1. The molecule has 2 aromatic carbocycles. The highest BCUT2D eigenvalue weighted by atomic mass is 16.5. The van der Waals surface area contributed by atoms with Gasteiger partial charge < -0.3 is 9.84 Å². The molecule has 0 atom stereocenters. The maximum absolute atomic E-state index is 13.1. The Labute approximate surface area is 161 Å². The van der Waals surface area contributed by atoms with Gasteiger partial charge in [-0.1, -0.05) is 29.4 Å². The normalized spacial score (nSPS) is 11.0. The molecule has 0 saturated carbocycles. The average Bonchev–Trinajstić information content (AvgIpc) is 3.09. The molecule has 2 heterocycles. The molecule has 6 nitrogen and oxygen atoms in total. The number of amides is 1. The van der Waals surface area contributed by atoms with Gasteiger partial charge in [0.2, 0.25) is 0 Å². The molecule has 6 heteroatoms. The van der Waals surface area contributed by atoms with Crippen LogP contribution in [0.4, 0.5) is 5.82 Å². The van der Waals surface area contributed by atoms with Crippen LogP contribution in [0.3, 0.4) is 0 Å². The number of hydrogen-bond acceptors (Lipinski definition) is 4. The first-order valence-electron chi connectivity index (χ1n) is 8.91. The van der Waals surface area contributed by atoms with Crippen molar-refractivity contribution in [2.45, 2.75) is 20.8 Å². The van der Waals surface area contributed by atoms with Crippen LogP contribution in [0.15, 0.2) is 64.0 Å². The maximum atomic E-state index is 13.1. The van der Waals surface area contributed by atoms with Gasteiger partial charge in [-0.3, -0.25) is 14.2 Å². The maximum Gasteiger partial charge on any atom is 0.262 e. The van der Waals surface area contributed by atoms with Crippen molar-refractivity contribution in [2.24, 2.45) is 0 Å². The zero-order valence-electron chi connectivity index (χ0n) is 15.8. The Morgan fingerprint density at radius 1 is 1.00 bits per heavy atom. The van der Waals surface area contributed by atoms with Gasteiger partial charge in [0, 0.05) is 28.7 Å². The smallest absolute Gasteiger partial charge is 0.262 e. The molecule has 1 N–H and O–H groups in total. The van der Waals surface area contributed by atoms with Crippen LogP contribution in [0.1, 0.15) is 27.2 Å². The summed E-state index contributed by atoms with van der Waals surface area (Å²) in [4.78, 5) is 26.0. The number of nitrogens with zero attached hydrogens (tertiary/aromatic N) is 2. The summed E-state index contributed by atoms with van der Waals surface area (Å²) in [7, 11) is 0. The van der Waals surface area contributed by atoms with Crippen LogP contribution in [0.5, 0.6) is 0 Å². The summed E-state index contributed by atoms with van der Waals surface area (Å²) in [6.07, 6.45) is 1.58. The van der Waals surface area contributed by atoms with E-state index in [9.17, 15) is 9.59 Å². The fourth-order valence-electron chi connectivity index (χ4n) is 3.15. The van der Waals surface area contributed by atoms with Gasteiger partial charge in [0.1, 0.15) is 5.76 Å². The quantitative estimate of drug-likeness (QED) is 0.585. The number of fused-ring (bicyclic) bond motifs is 1. The Hall–Kier alpha value is -3.67. The first-order valence-corrected chi connectivity index (χ1v) is 8.91. The van der Waals surface area contributed by atoms with Crippen molar-refractivity contribution in [1.29, 1.82) is 0 Å². The van der Waals surface area contributed by atoms with E-state index in [0.717, 1.165) is 11.1 Å². The molecule has 2 aromatic heterocycles. The van der Waals surface area contributed by atoms with Crippen LogP contribution >= 0.6 is 0 Å². The second-order valence-corrected chi connectivity index (χ2v) is 6.81. The Bertz CT molecular complexity index is 1270. The first-order chi connectivity index (χ1) is 13.4. The van der Waals surface area contributed by atoms with Gasteiger partial charge in [-0.25, -0.2) is 0 Å². The van der Waals surface area contributed by atoms with Crippen molar-refractivity contribution in [3.63, 3.8) is 0 Å². The van der Waals surface area contributed by atoms with Gasteiger partial charge in [0.05, 0.1) is 5.56 Å². The minimum Gasteiger partial charge on any atom is -0.360 e. The van der Waals surface area contributed by atoms with Crippen molar-refractivity contribution in [2.75, 3.05) is 5.32 Å². The number of carbonyl (C=O) groups excluding carboxylic acids is 1. The molecule has 0 radical (unpaired) electrons. The third kappa shape index (κ3) is 3.09. The van der Waals surface area contributed by atoms with E-state index in [1.807, 2.05) is 32.0 Å². The van der Waals surface area contributed by atoms with E-state index in [2.05, 4.69) is 10.5 Å². The van der Waals surface area contributed by atoms with Crippen LogP contribution in [-0.2, 0) is 0 Å². The Morgan fingerprint density at radius 3 is 2.43 bits per heavy atom. The lowest BCUT2D eigenvalue weighted by Gasteiger charge is -2.13. The number of carbonyl (C=O) groups is 1. The lowest BCUT2D eigenvalue weighted by Crippen LogP contribution is -2.22. The number of benzene rings is 2. The van der Waals surface area contributed by atoms with Gasteiger partial charge >= 0.3 is 0 Å². The summed E-state index contributed by atoms with van der Waals surface area (Å²) in [6.45, 7) is 5.75. The second kappa shape index (κ2) is 6.81. The summed E-state index contributed by atoms with van der Waals surface area (Å²) in [5, 5.41) is 7.60. The fourth-order valence-corrected chi connectivity index (χ4v) is 3.15. The molecule has 0 saturated heterocycles. The lowest BCUT2D eigenvalue weighted by molar-refractivity contribution is 0.102. The van der Waals surface area contributed by atoms with Crippen molar-refractivity contribution in [3.05, 3.63) is 87.5 Å². The minimum absolute atomic E-state index is 0.173. The summed E-state index contributed by atoms with van der Waals surface area (Å²) in [6, 6.07) is 14.5. The van der Waals surface area contributed by atoms with Crippen LogP contribution in [0.25, 0.3) is 16.5 Å². The molecule has 0 unspecified atom stereocenters. The molecule has 0 aliphatic carbocycles. The number of aromatic nitrogens is 2. The topological polar surface area (TPSA) is 77.1 Å². The number of aryl methyl sites for hydroxylation is 3. The molecule has 1 amide bonds. The van der Waals surface area contributed by atoms with Crippen molar-refractivity contribution in [3.8, 4) is 5.69 Å². The highest BCUT2D eigenvalue weighted by Crippen LogP contribution is 2.20. The molecule has 140 valence electrons. The van der Waals surface area contributed by atoms with Crippen LogP contribution in [0.2, 0.25) is 0 Å². The zero-order valence-corrected chi connectivity index (χ0v) is 15.8. The number of nitrogens with one attached hydrogen (secondary N) is 1. The summed E-state index contributed by atoms with van der Waals surface area (Å²) >= 11 is 0. The highest BCUT2D eigenvalue weighted by molar-refractivity contribution is 6.12. The van der Waals surface area contributed by atoms with E-state index in [4.69, 9.17) is 4.52 Å². The molecular formula is C22H19N3O3. The van der Waals surface area contributed by atoms with Crippen LogP contribution in [-0.4, -0.2) is 15.6 Å². The second-order valence-electron chi connectivity index (χ2n) is 6.81. The Kier molecular flexibility index (Phi) is 4.31. The predicted octanol–water partition coefficient (Wildman–Crippen LogP) is 4.16. The van der Waals surface area contributed by atoms with Gasteiger partial charge in [-0.2, -0.15) is 0 Å². The molecule has 28 heavy (non-hydrogen) atoms. The van der Waals surface area contributed by atoms with E-state index in [0.29, 0.717) is 33.6 Å². The number of pyridine rings is 1. The van der Waals surface area contributed by atoms with Crippen molar-refractivity contribution < 1.29 is 9.32 Å². The minimum atomic E-state index is -0.359. The molecule has 0 fully saturated rings. The number of rotatable bonds is 3. The largest absolute Gasteiger partial charge is 0.360 e. The predicted molar refractivity (Wildman–Crippen MR) is 108 cm³/mol. The van der Waals surface area contributed by atoms with Crippen LogP contribution < -0.4 is 10.9 Å². The average molecular weight is 373 g/mol. The summed E-state index contributed by atoms with van der Waals surface area (Å²) in [5.41, 5.74) is 3.13. The monoisotopic (exact) mass is 373 g/mol. The third-order valence-corrected chi connectivity index (χ3v) is 4.81.